The zero-order chi connectivity index (χ0) is 29.5. The monoisotopic (exact) mass is 572 g/mol. The van der Waals surface area contributed by atoms with Gasteiger partial charge in [0.05, 0.1) is 12.9 Å². The Morgan fingerprint density at radius 2 is 1.83 bits per heavy atom. The van der Waals surface area contributed by atoms with Crippen molar-refractivity contribution >= 4 is 34.6 Å². The van der Waals surface area contributed by atoms with Crippen LogP contribution in [0.1, 0.15) is 50.7 Å². The SMILES string of the molecule is CCCCC(CC)CNc1nc(N2CCN(C(=O)Nc3ccc(F)cc3)CC2)nc2c1ncn2Cc1cccc(C)c1. The highest BCUT2D eigenvalue weighted by Crippen LogP contribution is 2.25. The van der Waals surface area contributed by atoms with Crippen LogP contribution in [0.25, 0.3) is 11.2 Å². The second kappa shape index (κ2) is 13.6. The molecule has 1 aliphatic heterocycles. The Hall–Kier alpha value is -4.21. The summed E-state index contributed by atoms with van der Waals surface area (Å²) >= 11 is 0. The lowest BCUT2D eigenvalue weighted by molar-refractivity contribution is 0.208. The predicted octanol–water partition coefficient (Wildman–Crippen LogP) is 6.30. The summed E-state index contributed by atoms with van der Waals surface area (Å²) in [6.07, 6.45) is 6.55. The van der Waals surface area contributed by atoms with Gasteiger partial charge in [-0.05, 0) is 49.1 Å². The molecule has 10 heteroatoms. The highest BCUT2D eigenvalue weighted by atomic mass is 19.1. The molecule has 4 aromatic rings. The van der Waals surface area contributed by atoms with Crippen molar-refractivity contribution in [3.8, 4) is 0 Å². The third-order valence-corrected chi connectivity index (χ3v) is 7.93. The highest BCUT2D eigenvalue weighted by Gasteiger charge is 2.25. The fourth-order valence-electron chi connectivity index (χ4n) is 5.35. The number of rotatable bonds is 11. The number of fused-ring (bicyclic) bond motifs is 1. The number of unbranched alkanes of at least 4 members (excludes halogenated alkanes) is 1. The first-order valence-electron chi connectivity index (χ1n) is 15.0. The molecule has 2 amide bonds. The molecule has 2 N–H and O–H groups in total. The number of aryl methyl sites for hydroxylation is 1. The predicted molar refractivity (Wildman–Crippen MR) is 167 cm³/mol. The molecule has 9 nitrogen and oxygen atoms in total. The van der Waals surface area contributed by atoms with Gasteiger partial charge in [-0.2, -0.15) is 9.97 Å². The molecule has 0 radical (unpaired) electrons. The van der Waals surface area contributed by atoms with Crippen LogP contribution in [-0.4, -0.2) is 63.2 Å². The summed E-state index contributed by atoms with van der Waals surface area (Å²) in [4.78, 5) is 31.4. The van der Waals surface area contributed by atoms with Crippen LogP contribution in [0.15, 0.2) is 54.9 Å². The number of hydrogen-bond donors (Lipinski definition) is 2. The molecule has 0 aliphatic carbocycles. The average molecular weight is 573 g/mol. The van der Waals surface area contributed by atoms with Crippen molar-refractivity contribution in [2.24, 2.45) is 5.92 Å². The van der Waals surface area contributed by atoms with Gasteiger partial charge in [0.2, 0.25) is 5.95 Å². The molecule has 3 heterocycles. The quantitative estimate of drug-likeness (QED) is 0.219. The van der Waals surface area contributed by atoms with Gasteiger partial charge in [-0.15, -0.1) is 0 Å². The first-order valence-corrected chi connectivity index (χ1v) is 15.0. The van der Waals surface area contributed by atoms with E-state index in [9.17, 15) is 9.18 Å². The number of carbonyl (C=O) groups excluding carboxylic acids is 1. The number of imidazole rings is 1. The van der Waals surface area contributed by atoms with Crippen LogP contribution in [0.5, 0.6) is 0 Å². The Kier molecular flexibility index (Phi) is 9.51. The minimum absolute atomic E-state index is 0.200. The lowest BCUT2D eigenvalue weighted by atomic mass is 9.99. The molecule has 1 atom stereocenters. The van der Waals surface area contributed by atoms with Gasteiger partial charge in [-0.25, -0.2) is 14.2 Å². The van der Waals surface area contributed by atoms with E-state index in [1.54, 1.807) is 17.0 Å². The fraction of sp³-hybridized carbons (Fsp3) is 0.438. The van der Waals surface area contributed by atoms with E-state index in [0.717, 1.165) is 29.9 Å². The Morgan fingerprint density at radius 1 is 1.05 bits per heavy atom. The zero-order valence-corrected chi connectivity index (χ0v) is 24.8. The topological polar surface area (TPSA) is 91.2 Å². The normalized spacial score (nSPS) is 14.3. The number of benzene rings is 2. The zero-order valence-electron chi connectivity index (χ0n) is 24.8. The number of aromatic nitrogens is 4. The number of anilines is 3. The molecule has 0 spiro atoms. The van der Waals surface area contributed by atoms with Crippen molar-refractivity contribution in [3.63, 3.8) is 0 Å². The number of halogens is 1. The Bertz CT molecular complexity index is 1480. The van der Waals surface area contributed by atoms with Gasteiger partial charge in [0.15, 0.2) is 17.0 Å². The van der Waals surface area contributed by atoms with Gasteiger partial charge in [0.25, 0.3) is 0 Å². The number of urea groups is 1. The van der Waals surface area contributed by atoms with E-state index in [4.69, 9.17) is 15.0 Å². The maximum Gasteiger partial charge on any atom is 0.321 e. The third-order valence-electron chi connectivity index (χ3n) is 7.93. The molecule has 1 unspecified atom stereocenters. The second-order valence-corrected chi connectivity index (χ2v) is 11.1. The summed E-state index contributed by atoms with van der Waals surface area (Å²) in [7, 11) is 0. The molecule has 42 heavy (non-hydrogen) atoms. The van der Waals surface area contributed by atoms with Crippen LogP contribution < -0.4 is 15.5 Å². The van der Waals surface area contributed by atoms with Crippen LogP contribution in [-0.2, 0) is 6.54 Å². The van der Waals surface area contributed by atoms with Crippen molar-refractivity contribution in [1.29, 1.82) is 0 Å². The average Bonchev–Trinajstić information content (AvgIpc) is 3.41. The molecule has 222 valence electrons. The van der Waals surface area contributed by atoms with Gasteiger partial charge < -0.3 is 25.0 Å². The van der Waals surface area contributed by atoms with E-state index in [1.165, 1.54) is 42.5 Å². The minimum atomic E-state index is -0.334. The molecule has 2 aromatic heterocycles. The number of amides is 2. The standard InChI is InChI=1S/C32H41FN8O/c1-4-6-9-24(5-2)20-34-29-28-30(41(22-35-28)21-25-10-7-8-23(3)19-25)38-31(37-29)39-15-17-40(18-16-39)32(42)36-27-13-11-26(33)12-14-27/h7-8,10-14,19,22,24H,4-6,9,15-18,20-21H2,1-3H3,(H,36,42)(H,34,37,38). The molecule has 5 rings (SSSR count). The van der Waals surface area contributed by atoms with Gasteiger partial charge in [0.1, 0.15) is 5.82 Å². The van der Waals surface area contributed by atoms with Crippen molar-refractivity contribution < 1.29 is 9.18 Å². The van der Waals surface area contributed by atoms with Crippen LogP contribution in [0, 0.1) is 18.7 Å². The Morgan fingerprint density at radius 3 is 2.55 bits per heavy atom. The maximum absolute atomic E-state index is 13.2. The van der Waals surface area contributed by atoms with Crippen molar-refractivity contribution in [2.45, 2.75) is 53.0 Å². The van der Waals surface area contributed by atoms with E-state index in [-0.39, 0.29) is 11.8 Å². The highest BCUT2D eigenvalue weighted by molar-refractivity contribution is 5.89. The molecule has 0 saturated carbocycles. The van der Waals surface area contributed by atoms with E-state index in [2.05, 4.69) is 65.1 Å². The molecular formula is C32H41FN8O. The molecule has 2 aromatic carbocycles. The summed E-state index contributed by atoms with van der Waals surface area (Å²) in [6, 6.07) is 14.1. The lowest BCUT2D eigenvalue weighted by Gasteiger charge is -2.34. The van der Waals surface area contributed by atoms with Crippen molar-refractivity contribution in [1.82, 2.24) is 24.4 Å². The van der Waals surface area contributed by atoms with Crippen LogP contribution in [0.3, 0.4) is 0 Å². The smallest absolute Gasteiger partial charge is 0.321 e. The van der Waals surface area contributed by atoms with Crippen molar-refractivity contribution in [3.05, 3.63) is 71.8 Å². The van der Waals surface area contributed by atoms with Gasteiger partial charge in [-0.1, -0.05) is 62.9 Å². The van der Waals surface area contributed by atoms with E-state index in [1.807, 2.05) is 6.33 Å². The molecule has 1 saturated heterocycles. The van der Waals surface area contributed by atoms with Gasteiger partial charge >= 0.3 is 6.03 Å². The first-order chi connectivity index (χ1) is 20.4. The summed E-state index contributed by atoms with van der Waals surface area (Å²) in [5, 5.41) is 6.47. The van der Waals surface area contributed by atoms with E-state index >= 15 is 0 Å². The molecule has 1 fully saturated rings. The molecular weight excluding hydrogens is 531 g/mol. The van der Waals surface area contributed by atoms with Gasteiger partial charge in [0, 0.05) is 38.4 Å². The number of carbonyl (C=O) groups is 1. The Labute approximate surface area is 247 Å². The summed E-state index contributed by atoms with van der Waals surface area (Å²) in [5.74, 6) is 1.62. The molecule has 1 aliphatic rings. The summed E-state index contributed by atoms with van der Waals surface area (Å²) in [6.45, 7) is 10.3. The number of piperazine rings is 1. The number of nitrogens with zero attached hydrogens (tertiary/aromatic N) is 6. The van der Waals surface area contributed by atoms with E-state index < -0.39 is 0 Å². The van der Waals surface area contributed by atoms with Crippen molar-refractivity contribution in [2.75, 3.05) is 48.3 Å². The maximum atomic E-state index is 13.2. The number of hydrogen-bond acceptors (Lipinski definition) is 6. The van der Waals surface area contributed by atoms with Crippen LogP contribution in [0.2, 0.25) is 0 Å². The van der Waals surface area contributed by atoms with E-state index in [0.29, 0.717) is 50.3 Å². The Balaban J connectivity index is 1.35. The molecule has 0 bridgehead atoms. The largest absolute Gasteiger partial charge is 0.368 e. The van der Waals surface area contributed by atoms with Gasteiger partial charge in [-0.3, -0.25) is 0 Å². The van der Waals surface area contributed by atoms with Crippen LogP contribution >= 0.6 is 0 Å². The summed E-state index contributed by atoms with van der Waals surface area (Å²) in [5.41, 5.74) is 4.54. The minimum Gasteiger partial charge on any atom is -0.368 e. The van der Waals surface area contributed by atoms with Crippen LogP contribution in [0.4, 0.5) is 26.6 Å². The third kappa shape index (κ3) is 7.16. The second-order valence-electron chi connectivity index (χ2n) is 11.1. The number of nitrogens with one attached hydrogen (secondary N) is 2. The fourth-order valence-corrected chi connectivity index (χ4v) is 5.35. The summed E-state index contributed by atoms with van der Waals surface area (Å²) < 4.78 is 15.3. The lowest BCUT2D eigenvalue weighted by Crippen LogP contribution is -2.50. The first kappa shape index (κ1) is 29.3.